The van der Waals surface area contributed by atoms with Crippen LogP contribution in [0.25, 0.3) is 21.9 Å². The summed E-state index contributed by atoms with van der Waals surface area (Å²) in [5.74, 6) is 2.06. The van der Waals surface area contributed by atoms with Crippen molar-refractivity contribution in [2.24, 2.45) is 11.8 Å². The molecule has 1 aliphatic rings. The third kappa shape index (κ3) is 4.39. The molecule has 0 saturated carbocycles. The van der Waals surface area contributed by atoms with E-state index >= 15 is 0 Å². The Morgan fingerprint density at radius 1 is 1.16 bits per heavy atom. The lowest BCUT2D eigenvalue weighted by atomic mass is 9.91. The van der Waals surface area contributed by atoms with E-state index in [2.05, 4.69) is 23.8 Å². The number of amides is 1. The van der Waals surface area contributed by atoms with Gasteiger partial charge in [-0.25, -0.2) is 0 Å². The Bertz CT molecular complexity index is 1220. The number of rotatable bonds is 6. The number of ether oxygens (including phenoxy) is 1. The summed E-state index contributed by atoms with van der Waals surface area (Å²) in [6, 6.07) is 5.63. The van der Waals surface area contributed by atoms with Gasteiger partial charge in [0.1, 0.15) is 11.3 Å². The second kappa shape index (κ2) is 8.86. The van der Waals surface area contributed by atoms with E-state index in [0.29, 0.717) is 40.6 Å². The lowest BCUT2D eigenvalue weighted by Crippen LogP contribution is -2.42. The molecule has 1 aromatic carbocycles. The Morgan fingerprint density at radius 2 is 1.90 bits per heavy atom. The molecule has 3 heterocycles. The number of hydrogen-bond donors (Lipinski definition) is 2. The van der Waals surface area contributed by atoms with Crippen molar-refractivity contribution >= 4 is 40.1 Å². The average Bonchev–Trinajstić information content (AvgIpc) is 3.10. The summed E-state index contributed by atoms with van der Waals surface area (Å²) in [6.07, 6.45) is 3.16. The van der Waals surface area contributed by atoms with Crippen molar-refractivity contribution in [2.75, 3.05) is 20.2 Å². The van der Waals surface area contributed by atoms with Crippen LogP contribution in [0.4, 0.5) is 0 Å². The van der Waals surface area contributed by atoms with Crippen molar-refractivity contribution in [3.63, 3.8) is 0 Å². The van der Waals surface area contributed by atoms with Crippen LogP contribution in [-0.4, -0.2) is 45.5 Å². The molecule has 7 nitrogen and oxygen atoms in total. The van der Waals surface area contributed by atoms with Gasteiger partial charge in [0, 0.05) is 37.0 Å². The first-order valence-corrected chi connectivity index (χ1v) is 11.4. The zero-order chi connectivity index (χ0) is 22.1. The normalized spacial score (nSPS) is 19.3. The van der Waals surface area contributed by atoms with Gasteiger partial charge in [-0.05, 0) is 61.5 Å². The third-order valence-electron chi connectivity index (χ3n) is 6.19. The van der Waals surface area contributed by atoms with E-state index in [1.54, 1.807) is 11.7 Å². The molecular formula is C23H30N4O3S. The molecular weight excluding hydrogens is 412 g/mol. The molecule has 2 atom stereocenters. The molecule has 31 heavy (non-hydrogen) atoms. The molecule has 3 aromatic rings. The van der Waals surface area contributed by atoms with Crippen LogP contribution in [0.2, 0.25) is 0 Å². The lowest BCUT2D eigenvalue weighted by molar-refractivity contribution is -0.134. The van der Waals surface area contributed by atoms with Crippen LogP contribution in [0.3, 0.4) is 0 Å². The monoisotopic (exact) mass is 442 g/mol. The number of hydrogen-bond acceptors (Lipinski definition) is 4. The fourth-order valence-electron chi connectivity index (χ4n) is 4.76. The summed E-state index contributed by atoms with van der Waals surface area (Å²) in [7, 11) is 1.61. The van der Waals surface area contributed by atoms with Crippen molar-refractivity contribution < 1.29 is 9.53 Å². The zero-order valence-electron chi connectivity index (χ0n) is 18.4. The maximum Gasteiger partial charge on any atom is 0.278 e. The maximum absolute atomic E-state index is 13.1. The third-order valence-corrected chi connectivity index (χ3v) is 6.51. The minimum Gasteiger partial charge on any atom is -0.497 e. The molecule has 0 radical (unpaired) electrons. The van der Waals surface area contributed by atoms with Gasteiger partial charge in [-0.3, -0.25) is 14.2 Å². The van der Waals surface area contributed by atoms with Gasteiger partial charge in [-0.15, -0.1) is 0 Å². The summed E-state index contributed by atoms with van der Waals surface area (Å²) >= 11 is 5.47. The van der Waals surface area contributed by atoms with E-state index < -0.39 is 0 Å². The van der Waals surface area contributed by atoms with Gasteiger partial charge in [0.15, 0.2) is 4.77 Å². The molecule has 0 spiro atoms. The second-order valence-electron chi connectivity index (χ2n) is 8.88. The molecule has 0 unspecified atom stereocenters. The molecule has 4 rings (SSSR count). The van der Waals surface area contributed by atoms with E-state index in [-0.39, 0.29) is 11.5 Å². The number of H-pyrrole nitrogens is 2. The Morgan fingerprint density at radius 3 is 2.61 bits per heavy atom. The molecule has 166 valence electrons. The maximum atomic E-state index is 13.1. The molecule has 0 aliphatic carbocycles. The SMILES string of the molecule is COc1ccc2[nH]c3c(=O)n(CCCCC(=O)N4C[C@@H](C)C[C@H](C)C4)c(=S)[nH]c3c2c1. The van der Waals surface area contributed by atoms with Crippen molar-refractivity contribution in [3.05, 3.63) is 33.3 Å². The molecule has 2 N–H and O–H groups in total. The number of fused-ring (bicyclic) bond motifs is 3. The summed E-state index contributed by atoms with van der Waals surface area (Å²) in [5.41, 5.74) is 1.92. The largest absolute Gasteiger partial charge is 0.497 e. The molecule has 1 amide bonds. The Kier molecular flexibility index (Phi) is 6.18. The highest BCUT2D eigenvalue weighted by atomic mass is 32.1. The van der Waals surface area contributed by atoms with Gasteiger partial charge < -0.3 is 19.6 Å². The predicted octanol–water partition coefficient (Wildman–Crippen LogP) is 4.22. The Hall–Kier alpha value is -2.61. The van der Waals surface area contributed by atoms with Crippen LogP contribution in [0.5, 0.6) is 5.75 Å². The Balaban J connectivity index is 1.45. The fourth-order valence-corrected chi connectivity index (χ4v) is 5.04. The number of benzene rings is 1. The standard InChI is InChI=1S/C23H30N4O3S/c1-14-10-15(2)13-26(12-14)19(28)6-4-5-9-27-22(29)21-20(25-23(27)31)17-11-16(30-3)7-8-18(17)24-21/h7-8,11,14-15,24H,4-6,9-10,12-13H2,1-3H3,(H,25,31)/t14-,15-/m0/s1. The number of piperidine rings is 1. The van der Waals surface area contributed by atoms with Crippen molar-refractivity contribution in [2.45, 2.75) is 46.1 Å². The number of nitrogens with zero attached hydrogens (tertiary/aromatic N) is 2. The number of carbonyl (C=O) groups is 1. The van der Waals surface area contributed by atoms with Crippen LogP contribution >= 0.6 is 12.2 Å². The van der Waals surface area contributed by atoms with Gasteiger partial charge in [0.05, 0.1) is 12.6 Å². The number of unbranched alkanes of at least 4 members (excludes halogenated alkanes) is 1. The highest BCUT2D eigenvalue weighted by Crippen LogP contribution is 2.26. The van der Waals surface area contributed by atoms with Crippen molar-refractivity contribution in [1.29, 1.82) is 0 Å². The average molecular weight is 443 g/mol. The van der Waals surface area contributed by atoms with Crippen molar-refractivity contribution in [1.82, 2.24) is 19.4 Å². The molecule has 2 aromatic heterocycles. The number of aromatic amines is 2. The van der Waals surface area contributed by atoms with E-state index in [0.717, 1.165) is 42.6 Å². The van der Waals surface area contributed by atoms with Gasteiger partial charge in [0.2, 0.25) is 5.91 Å². The molecule has 1 aliphatic heterocycles. The van der Waals surface area contributed by atoms with E-state index in [1.165, 1.54) is 6.42 Å². The first-order chi connectivity index (χ1) is 14.9. The van der Waals surface area contributed by atoms with Crippen LogP contribution in [0.15, 0.2) is 23.0 Å². The van der Waals surface area contributed by atoms with Crippen LogP contribution in [-0.2, 0) is 11.3 Å². The first kappa shape index (κ1) is 21.6. The van der Waals surface area contributed by atoms with Gasteiger partial charge >= 0.3 is 0 Å². The summed E-state index contributed by atoms with van der Waals surface area (Å²) < 4.78 is 7.27. The second-order valence-corrected chi connectivity index (χ2v) is 9.26. The summed E-state index contributed by atoms with van der Waals surface area (Å²) in [5, 5.41) is 0.875. The fraction of sp³-hybridized carbons (Fsp3) is 0.522. The topological polar surface area (TPSA) is 83.1 Å². The van der Waals surface area contributed by atoms with Gasteiger partial charge in [-0.1, -0.05) is 13.8 Å². The van der Waals surface area contributed by atoms with Crippen LogP contribution in [0, 0.1) is 16.6 Å². The summed E-state index contributed by atoms with van der Waals surface area (Å²) in [6.45, 7) is 6.62. The number of carbonyl (C=O) groups excluding carboxylic acids is 1. The van der Waals surface area contributed by atoms with E-state index in [1.807, 2.05) is 23.1 Å². The molecule has 8 heteroatoms. The van der Waals surface area contributed by atoms with Crippen molar-refractivity contribution in [3.8, 4) is 5.75 Å². The number of nitrogens with one attached hydrogen (secondary N) is 2. The van der Waals surface area contributed by atoms with E-state index in [9.17, 15) is 9.59 Å². The van der Waals surface area contributed by atoms with Gasteiger partial charge in [0.25, 0.3) is 5.56 Å². The van der Waals surface area contributed by atoms with Crippen LogP contribution < -0.4 is 10.3 Å². The smallest absolute Gasteiger partial charge is 0.278 e. The minimum absolute atomic E-state index is 0.140. The molecule has 1 saturated heterocycles. The highest BCUT2D eigenvalue weighted by molar-refractivity contribution is 7.71. The quantitative estimate of drug-likeness (QED) is 0.442. The predicted molar refractivity (Wildman–Crippen MR) is 125 cm³/mol. The molecule has 1 fully saturated rings. The van der Waals surface area contributed by atoms with E-state index in [4.69, 9.17) is 17.0 Å². The lowest BCUT2D eigenvalue weighted by Gasteiger charge is -2.35. The zero-order valence-corrected chi connectivity index (χ0v) is 19.2. The minimum atomic E-state index is -0.140. The number of aromatic nitrogens is 3. The highest BCUT2D eigenvalue weighted by Gasteiger charge is 2.24. The number of methoxy groups -OCH3 is 1. The Labute approximate surface area is 186 Å². The first-order valence-electron chi connectivity index (χ1n) is 11.0. The molecule has 0 bridgehead atoms. The summed E-state index contributed by atoms with van der Waals surface area (Å²) in [4.78, 5) is 34.0. The number of likely N-dealkylation sites (tertiary alicyclic amines) is 1. The van der Waals surface area contributed by atoms with Crippen LogP contribution in [0.1, 0.15) is 39.5 Å². The van der Waals surface area contributed by atoms with Gasteiger partial charge in [-0.2, -0.15) is 0 Å².